The van der Waals surface area contributed by atoms with Gasteiger partial charge in [-0.15, -0.1) is 0 Å². The standard InChI is InChI=1S/C16H23N3O2/c1-3-20-16(21-4-2)15(19-17)11-12-9-10-18-14-8-6-5-7-13(12)14/h5-10,15-16,19H,3-4,11,17H2,1-2H3. The van der Waals surface area contributed by atoms with Crippen LogP contribution in [0, 0.1) is 0 Å². The van der Waals surface area contributed by atoms with Crippen molar-refractivity contribution in [3.05, 3.63) is 42.1 Å². The summed E-state index contributed by atoms with van der Waals surface area (Å²) in [5.74, 6) is 5.70. The molecular weight excluding hydrogens is 266 g/mol. The van der Waals surface area contributed by atoms with Crippen LogP contribution < -0.4 is 11.3 Å². The van der Waals surface area contributed by atoms with Gasteiger partial charge in [0.05, 0.1) is 11.6 Å². The molecule has 0 spiro atoms. The van der Waals surface area contributed by atoms with E-state index in [1.54, 1.807) is 0 Å². The van der Waals surface area contributed by atoms with Crippen molar-refractivity contribution >= 4 is 10.9 Å². The van der Waals surface area contributed by atoms with Gasteiger partial charge in [0.25, 0.3) is 0 Å². The van der Waals surface area contributed by atoms with Gasteiger partial charge >= 0.3 is 0 Å². The van der Waals surface area contributed by atoms with E-state index >= 15 is 0 Å². The largest absolute Gasteiger partial charge is 0.351 e. The average molecular weight is 289 g/mol. The van der Waals surface area contributed by atoms with E-state index in [4.69, 9.17) is 15.3 Å². The fourth-order valence-corrected chi connectivity index (χ4v) is 2.41. The molecule has 1 atom stereocenters. The summed E-state index contributed by atoms with van der Waals surface area (Å²) < 4.78 is 11.3. The van der Waals surface area contributed by atoms with E-state index in [0.717, 1.165) is 10.9 Å². The third-order valence-corrected chi connectivity index (χ3v) is 3.38. The summed E-state index contributed by atoms with van der Waals surface area (Å²) in [6.45, 7) is 5.06. The summed E-state index contributed by atoms with van der Waals surface area (Å²) in [6.07, 6.45) is 2.17. The van der Waals surface area contributed by atoms with Gasteiger partial charge in [0.2, 0.25) is 0 Å². The number of aromatic nitrogens is 1. The molecule has 1 aromatic heterocycles. The molecule has 5 nitrogen and oxygen atoms in total. The van der Waals surface area contributed by atoms with Gasteiger partial charge in [-0.25, -0.2) is 0 Å². The van der Waals surface area contributed by atoms with E-state index in [0.29, 0.717) is 19.6 Å². The van der Waals surface area contributed by atoms with E-state index in [-0.39, 0.29) is 12.3 Å². The summed E-state index contributed by atoms with van der Waals surface area (Å²) in [4.78, 5) is 4.38. The minimum Gasteiger partial charge on any atom is -0.351 e. The Balaban J connectivity index is 2.23. The first-order chi connectivity index (χ1) is 10.3. The second-order valence-corrected chi connectivity index (χ2v) is 4.74. The highest BCUT2D eigenvalue weighted by Gasteiger charge is 2.22. The first-order valence-electron chi connectivity index (χ1n) is 7.32. The smallest absolute Gasteiger partial charge is 0.174 e. The first kappa shape index (κ1) is 15.9. The maximum atomic E-state index is 5.70. The van der Waals surface area contributed by atoms with Crippen LogP contribution >= 0.6 is 0 Å². The number of nitrogens with one attached hydrogen (secondary N) is 1. The Kier molecular flexibility index (Phi) is 6.07. The predicted octanol–water partition coefficient (Wildman–Crippen LogP) is 2.01. The molecule has 0 aliphatic rings. The molecular formula is C16H23N3O2. The second kappa shape index (κ2) is 8.05. The number of nitrogens with zero attached hydrogens (tertiary/aromatic N) is 1. The molecule has 0 aliphatic heterocycles. The Bertz CT molecular complexity index is 551. The van der Waals surface area contributed by atoms with Crippen LogP contribution in [-0.2, 0) is 15.9 Å². The van der Waals surface area contributed by atoms with Crippen LogP contribution in [0.4, 0.5) is 0 Å². The Morgan fingerprint density at radius 2 is 1.86 bits per heavy atom. The molecule has 2 aromatic rings. The van der Waals surface area contributed by atoms with Gasteiger partial charge in [0.1, 0.15) is 0 Å². The third-order valence-electron chi connectivity index (χ3n) is 3.38. The first-order valence-corrected chi connectivity index (χ1v) is 7.32. The highest BCUT2D eigenvalue weighted by Crippen LogP contribution is 2.19. The number of hydrogen-bond donors (Lipinski definition) is 2. The van der Waals surface area contributed by atoms with Gasteiger partial charge in [-0.05, 0) is 38.0 Å². The highest BCUT2D eigenvalue weighted by atomic mass is 16.7. The van der Waals surface area contributed by atoms with Gasteiger partial charge in [0, 0.05) is 24.8 Å². The molecule has 0 saturated carbocycles. The van der Waals surface area contributed by atoms with E-state index in [2.05, 4.69) is 16.5 Å². The van der Waals surface area contributed by atoms with Crippen molar-refractivity contribution in [2.45, 2.75) is 32.6 Å². The number of ether oxygens (including phenoxy) is 2. The Morgan fingerprint density at radius 1 is 1.14 bits per heavy atom. The topological polar surface area (TPSA) is 69.4 Å². The van der Waals surface area contributed by atoms with E-state index in [1.807, 2.05) is 44.3 Å². The summed E-state index contributed by atoms with van der Waals surface area (Å²) in [6, 6.07) is 9.98. The lowest BCUT2D eigenvalue weighted by molar-refractivity contribution is -0.153. The molecule has 0 radical (unpaired) electrons. The molecule has 0 bridgehead atoms. The van der Waals surface area contributed by atoms with Crippen molar-refractivity contribution in [2.75, 3.05) is 13.2 Å². The Hall–Kier alpha value is -1.53. The molecule has 1 heterocycles. The maximum absolute atomic E-state index is 5.70. The number of para-hydroxylation sites is 1. The number of hydrogen-bond acceptors (Lipinski definition) is 5. The number of nitrogens with two attached hydrogens (primary N) is 1. The van der Waals surface area contributed by atoms with Crippen LogP contribution in [-0.4, -0.2) is 30.5 Å². The molecule has 5 heteroatoms. The lowest BCUT2D eigenvalue weighted by Gasteiger charge is -2.26. The van der Waals surface area contributed by atoms with Crippen molar-refractivity contribution < 1.29 is 9.47 Å². The Morgan fingerprint density at radius 3 is 2.52 bits per heavy atom. The SMILES string of the molecule is CCOC(OCC)C(Cc1ccnc2ccccc12)NN. The zero-order valence-electron chi connectivity index (χ0n) is 12.6. The van der Waals surface area contributed by atoms with Crippen molar-refractivity contribution in [1.82, 2.24) is 10.4 Å². The minimum absolute atomic E-state index is 0.115. The highest BCUT2D eigenvalue weighted by molar-refractivity contribution is 5.81. The Labute approximate surface area is 125 Å². The molecule has 21 heavy (non-hydrogen) atoms. The fraction of sp³-hybridized carbons (Fsp3) is 0.438. The quantitative estimate of drug-likeness (QED) is 0.442. The number of benzene rings is 1. The lowest BCUT2D eigenvalue weighted by Crippen LogP contribution is -2.48. The monoisotopic (exact) mass is 289 g/mol. The molecule has 0 amide bonds. The van der Waals surface area contributed by atoms with E-state index in [9.17, 15) is 0 Å². The summed E-state index contributed by atoms with van der Waals surface area (Å²) >= 11 is 0. The van der Waals surface area contributed by atoms with Crippen LogP contribution in [0.1, 0.15) is 19.4 Å². The van der Waals surface area contributed by atoms with Gasteiger partial charge in [-0.1, -0.05) is 18.2 Å². The van der Waals surface area contributed by atoms with Crippen LogP contribution in [0.5, 0.6) is 0 Å². The fourth-order valence-electron chi connectivity index (χ4n) is 2.41. The lowest BCUT2D eigenvalue weighted by atomic mass is 10.0. The van der Waals surface area contributed by atoms with Crippen LogP contribution in [0.15, 0.2) is 36.5 Å². The van der Waals surface area contributed by atoms with E-state index in [1.165, 1.54) is 5.56 Å². The summed E-state index contributed by atoms with van der Waals surface area (Å²) in [5, 5.41) is 1.13. The normalized spacial score (nSPS) is 13.0. The predicted molar refractivity (Wildman–Crippen MR) is 83.6 cm³/mol. The van der Waals surface area contributed by atoms with Gasteiger partial charge in [-0.3, -0.25) is 16.3 Å². The van der Waals surface area contributed by atoms with Gasteiger partial charge in [-0.2, -0.15) is 0 Å². The van der Waals surface area contributed by atoms with Crippen molar-refractivity contribution in [1.29, 1.82) is 0 Å². The van der Waals surface area contributed by atoms with Crippen molar-refractivity contribution in [2.24, 2.45) is 5.84 Å². The number of rotatable bonds is 8. The number of hydrazine groups is 1. The van der Waals surface area contributed by atoms with E-state index < -0.39 is 0 Å². The molecule has 1 unspecified atom stereocenters. The van der Waals surface area contributed by atoms with Gasteiger partial charge in [0.15, 0.2) is 6.29 Å². The molecule has 0 aliphatic carbocycles. The number of pyridine rings is 1. The zero-order valence-corrected chi connectivity index (χ0v) is 12.6. The second-order valence-electron chi connectivity index (χ2n) is 4.74. The molecule has 0 fully saturated rings. The summed E-state index contributed by atoms with van der Waals surface area (Å²) in [5.41, 5.74) is 4.97. The maximum Gasteiger partial charge on any atom is 0.174 e. The van der Waals surface area contributed by atoms with Crippen LogP contribution in [0.2, 0.25) is 0 Å². The molecule has 3 N–H and O–H groups in total. The summed E-state index contributed by atoms with van der Waals surface area (Å²) in [7, 11) is 0. The van der Waals surface area contributed by atoms with Crippen LogP contribution in [0.25, 0.3) is 10.9 Å². The molecule has 114 valence electrons. The minimum atomic E-state index is -0.364. The third kappa shape index (κ3) is 3.98. The number of fused-ring (bicyclic) bond motifs is 1. The van der Waals surface area contributed by atoms with Crippen LogP contribution in [0.3, 0.4) is 0 Å². The average Bonchev–Trinajstić information content (AvgIpc) is 2.52. The zero-order chi connectivity index (χ0) is 15.1. The molecule has 2 rings (SSSR count). The molecule has 1 aromatic carbocycles. The van der Waals surface area contributed by atoms with Gasteiger partial charge < -0.3 is 9.47 Å². The molecule has 0 saturated heterocycles. The van der Waals surface area contributed by atoms with Crippen molar-refractivity contribution in [3.63, 3.8) is 0 Å². The van der Waals surface area contributed by atoms with Crippen molar-refractivity contribution in [3.8, 4) is 0 Å².